The molecule has 1 aliphatic rings. The number of carbonyl (C=O) groups is 1. The predicted molar refractivity (Wildman–Crippen MR) is 62.0 cm³/mol. The average molecular weight is 213 g/mol. The first-order chi connectivity index (χ1) is 7.19. The minimum Gasteiger partial charge on any atom is -0.328 e. The fourth-order valence-electron chi connectivity index (χ4n) is 1.86. The van der Waals surface area contributed by atoms with Crippen molar-refractivity contribution in [3.8, 4) is 0 Å². The summed E-state index contributed by atoms with van der Waals surface area (Å²) < 4.78 is 0. The van der Waals surface area contributed by atoms with Crippen molar-refractivity contribution in [1.82, 2.24) is 14.7 Å². The number of rotatable bonds is 3. The Balaban J connectivity index is 2.33. The van der Waals surface area contributed by atoms with Gasteiger partial charge in [-0.3, -0.25) is 4.90 Å². The van der Waals surface area contributed by atoms with Gasteiger partial charge in [0.25, 0.3) is 0 Å². The number of nitrogens with zero attached hydrogens (tertiary/aromatic N) is 3. The Kier molecular flexibility index (Phi) is 4.88. The summed E-state index contributed by atoms with van der Waals surface area (Å²) in [4.78, 5) is 18.0. The minimum atomic E-state index is 0.175. The summed E-state index contributed by atoms with van der Waals surface area (Å²) in [5.74, 6) is 0. The van der Waals surface area contributed by atoms with Gasteiger partial charge in [-0.15, -0.1) is 0 Å². The average Bonchev–Trinajstić information content (AvgIpc) is 2.28. The molecule has 15 heavy (non-hydrogen) atoms. The largest absolute Gasteiger partial charge is 0.328 e. The summed E-state index contributed by atoms with van der Waals surface area (Å²) in [5, 5.41) is 0. The highest BCUT2D eigenvalue weighted by molar-refractivity contribution is 5.74. The predicted octanol–water partition coefficient (Wildman–Crippen LogP) is 1.09. The van der Waals surface area contributed by atoms with Crippen LogP contribution in [0.15, 0.2) is 0 Å². The van der Waals surface area contributed by atoms with E-state index in [1.165, 1.54) is 6.42 Å². The molecule has 0 saturated carbocycles. The van der Waals surface area contributed by atoms with Crippen LogP contribution in [0.3, 0.4) is 0 Å². The SMILES string of the molecule is CCCN1CCN(C(=O)N(C)CC)CC1. The van der Waals surface area contributed by atoms with Gasteiger partial charge >= 0.3 is 6.03 Å². The van der Waals surface area contributed by atoms with Crippen LogP contribution in [-0.2, 0) is 0 Å². The van der Waals surface area contributed by atoms with E-state index in [0.29, 0.717) is 0 Å². The molecule has 0 N–H and O–H groups in total. The van der Waals surface area contributed by atoms with E-state index >= 15 is 0 Å². The van der Waals surface area contributed by atoms with Gasteiger partial charge in [-0.1, -0.05) is 6.92 Å². The van der Waals surface area contributed by atoms with Gasteiger partial charge in [0, 0.05) is 39.8 Å². The molecule has 4 nitrogen and oxygen atoms in total. The van der Waals surface area contributed by atoms with Crippen LogP contribution >= 0.6 is 0 Å². The molecule has 4 heteroatoms. The topological polar surface area (TPSA) is 26.8 Å². The molecule has 0 bridgehead atoms. The number of piperazine rings is 1. The molecule has 0 aromatic heterocycles. The Morgan fingerprint density at radius 1 is 1.20 bits per heavy atom. The van der Waals surface area contributed by atoms with Crippen LogP contribution in [0.2, 0.25) is 0 Å². The Morgan fingerprint density at radius 2 is 1.80 bits per heavy atom. The zero-order chi connectivity index (χ0) is 11.3. The summed E-state index contributed by atoms with van der Waals surface area (Å²) in [5.41, 5.74) is 0. The lowest BCUT2D eigenvalue weighted by molar-refractivity contribution is 0.119. The van der Waals surface area contributed by atoms with E-state index in [4.69, 9.17) is 0 Å². The Hall–Kier alpha value is -0.770. The standard InChI is InChI=1S/C11H23N3O/c1-4-6-13-7-9-14(10-8-13)11(15)12(3)5-2/h4-10H2,1-3H3. The van der Waals surface area contributed by atoms with Crippen LogP contribution in [0.4, 0.5) is 4.79 Å². The molecular weight excluding hydrogens is 190 g/mol. The first-order valence-electron chi connectivity index (χ1n) is 5.91. The van der Waals surface area contributed by atoms with E-state index < -0.39 is 0 Å². The normalized spacial score (nSPS) is 17.9. The van der Waals surface area contributed by atoms with Gasteiger partial charge in [-0.25, -0.2) is 4.79 Å². The molecule has 0 radical (unpaired) electrons. The number of carbonyl (C=O) groups excluding carboxylic acids is 1. The molecule has 1 heterocycles. The third-order valence-electron chi connectivity index (χ3n) is 2.98. The lowest BCUT2D eigenvalue weighted by atomic mass is 10.3. The highest BCUT2D eigenvalue weighted by Gasteiger charge is 2.21. The molecule has 2 amide bonds. The van der Waals surface area contributed by atoms with Crippen molar-refractivity contribution in [2.45, 2.75) is 20.3 Å². The van der Waals surface area contributed by atoms with Crippen LogP contribution < -0.4 is 0 Å². The van der Waals surface area contributed by atoms with Crippen LogP contribution in [-0.4, -0.2) is 67.0 Å². The molecule has 0 atom stereocenters. The lowest BCUT2D eigenvalue weighted by Gasteiger charge is -2.36. The first-order valence-corrected chi connectivity index (χ1v) is 5.91. The lowest BCUT2D eigenvalue weighted by Crippen LogP contribution is -2.52. The van der Waals surface area contributed by atoms with Crippen LogP contribution in [0, 0.1) is 0 Å². The van der Waals surface area contributed by atoms with Crippen LogP contribution in [0.1, 0.15) is 20.3 Å². The monoisotopic (exact) mass is 213 g/mol. The second-order valence-electron chi connectivity index (χ2n) is 4.13. The molecule has 1 aliphatic heterocycles. The second-order valence-corrected chi connectivity index (χ2v) is 4.13. The number of urea groups is 1. The molecule has 1 fully saturated rings. The minimum absolute atomic E-state index is 0.175. The van der Waals surface area contributed by atoms with E-state index in [9.17, 15) is 4.79 Å². The third kappa shape index (κ3) is 3.38. The summed E-state index contributed by atoms with van der Waals surface area (Å²) in [6, 6.07) is 0.175. The van der Waals surface area contributed by atoms with Crippen molar-refractivity contribution in [3.63, 3.8) is 0 Å². The van der Waals surface area contributed by atoms with Crippen molar-refractivity contribution in [3.05, 3.63) is 0 Å². The highest BCUT2D eigenvalue weighted by atomic mass is 16.2. The molecule has 88 valence electrons. The molecule has 1 rings (SSSR count). The van der Waals surface area contributed by atoms with Gasteiger partial charge in [-0.05, 0) is 19.9 Å². The first kappa shape index (κ1) is 12.3. The quantitative estimate of drug-likeness (QED) is 0.701. The van der Waals surface area contributed by atoms with E-state index in [0.717, 1.165) is 39.3 Å². The molecule has 0 unspecified atom stereocenters. The number of amides is 2. The zero-order valence-electron chi connectivity index (χ0n) is 10.2. The van der Waals surface area contributed by atoms with E-state index in [1.807, 2.05) is 18.9 Å². The zero-order valence-corrected chi connectivity index (χ0v) is 10.2. The van der Waals surface area contributed by atoms with Crippen LogP contribution in [0.25, 0.3) is 0 Å². The molecule has 0 aromatic carbocycles. The Bertz CT molecular complexity index is 200. The van der Waals surface area contributed by atoms with Gasteiger partial charge in [0.1, 0.15) is 0 Å². The van der Waals surface area contributed by atoms with E-state index in [-0.39, 0.29) is 6.03 Å². The van der Waals surface area contributed by atoms with Gasteiger partial charge in [0.15, 0.2) is 0 Å². The van der Waals surface area contributed by atoms with Gasteiger partial charge < -0.3 is 9.80 Å². The van der Waals surface area contributed by atoms with Crippen molar-refractivity contribution in [1.29, 1.82) is 0 Å². The maximum absolute atomic E-state index is 11.8. The smallest absolute Gasteiger partial charge is 0.319 e. The maximum atomic E-state index is 11.8. The van der Waals surface area contributed by atoms with Gasteiger partial charge in [0.2, 0.25) is 0 Å². The Morgan fingerprint density at radius 3 is 2.27 bits per heavy atom. The number of hydrogen-bond acceptors (Lipinski definition) is 2. The summed E-state index contributed by atoms with van der Waals surface area (Å²) >= 11 is 0. The third-order valence-corrected chi connectivity index (χ3v) is 2.98. The molecule has 0 aromatic rings. The molecular formula is C11H23N3O. The van der Waals surface area contributed by atoms with Gasteiger partial charge in [-0.2, -0.15) is 0 Å². The molecule has 0 aliphatic carbocycles. The van der Waals surface area contributed by atoms with Crippen molar-refractivity contribution in [2.75, 3.05) is 46.3 Å². The van der Waals surface area contributed by atoms with Crippen molar-refractivity contribution in [2.24, 2.45) is 0 Å². The van der Waals surface area contributed by atoms with Gasteiger partial charge in [0.05, 0.1) is 0 Å². The molecule has 1 saturated heterocycles. The Labute approximate surface area is 92.8 Å². The highest BCUT2D eigenvalue weighted by Crippen LogP contribution is 2.05. The summed E-state index contributed by atoms with van der Waals surface area (Å²) in [6.07, 6.45) is 1.20. The van der Waals surface area contributed by atoms with E-state index in [1.54, 1.807) is 4.90 Å². The fraction of sp³-hybridized carbons (Fsp3) is 0.909. The van der Waals surface area contributed by atoms with E-state index in [2.05, 4.69) is 11.8 Å². The second kappa shape index (κ2) is 5.95. The van der Waals surface area contributed by atoms with Crippen LogP contribution in [0.5, 0.6) is 0 Å². The van der Waals surface area contributed by atoms with Crippen molar-refractivity contribution < 1.29 is 4.79 Å². The fourth-order valence-corrected chi connectivity index (χ4v) is 1.86. The maximum Gasteiger partial charge on any atom is 0.319 e. The summed E-state index contributed by atoms with van der Waals surface area (Å²) in [6.45, 7) is 9.95. The molecule has 0 spiro atoms. The summed E-state index contributed by atoms with van der Waals surface area (Å²) in [7, 11) is 1.86. The van der Waals surface area contributed by atoms with Crippen molar-refractivity contribution >= 4 is 6.03 Å². The number of hydrogen-bond donors (Lipinski definition) is 0.